The third kappa shape index (κ3) is 3.55. The normalized spacial score (nSPS) is 20.9. The number of nitrogens with zero attached hydrogens (tertiary/aromatic N) is 6. The number of aryl methyl sites for hydroxylation is 1. The molecule has 3 aliphatic rings. The van der Waals surface area contributed by atoms with E-state index in [2.05, 4.69) is 38.5 Å². The monoisotopic (exact) mass is 496 g/mol. The summed E-state index contributed by atoms with van der Waals surface area (Å²) in [4.78, 5) is 31.7. The van der Waals surface area contributed by atoms with Gasteiger partial charge < -0.3 is 25.2 Å². The van der Waals surface area contributed by atoms with Gasteiger partial charge in [0.25, 0.3) is 5.91 Å². The van der Waals surface area contributed by atoms with E-state index in [-0.39, 0.29) is 18.1 Å². The molecule has 7 heterocycles. The lowest BCUT2D eigenvalue weighted by Gasteiger charge is -2.26. The first-order chi connectivity index (χ1) is 18.0. The Morgan fingerprint density at radius 1 is 1.14 bits per heavy atom. The molecule has 0 aromatic carbocycles. The van der Waals surface area contributed by atoms with Crippen LogP contribution in [0.2, 0.25) is 0 Å². The van der Waals surface area contributed by atoms with E-state index in [4.69, 9.17) is 9.97 Å². The SMILES string of the molecule is CN1Cc2nc(Nc3cnc(-c4ccnc5c4ccn5C)c4c3C(=O)NC4)ccc2N2C[C@H](O)CC2C1. The number of aliphatic hydroxyl groups excluding tert-OH is 1. The van der Waals surface area contributed by atoms with Crippen molar-refractivity contribution >= 4 is 34.1 Å². The average molecular weight is 497 g/mol. The number of likely N-dealkylation sites (N-methyl/N-ethyl adjacent to an activating group) is 1. The lowest BCUT2D eigenvalue weighted by Crippen LogP contribution is -2.35. The minimum Gasteiger partial charge on any atom is -0.391 e. The number of rotatable bonds is 3. The molecular formula is C27H28N8O2. The maximum Gasteiger partial charge on any atom is 0.254 e. The van der Waals surface area contributed by atoms with E-state index in [0.717, 1.165) is 58.7 Å². The molecule has 4 aromatic heterocycles. The number of anilines is 3. The number of nitrogens with one attached hydrogen (secondary N) is 2. The quantitative estimate of drug-likeness (QED) is 0.397. The van der Waals surface area contributed by atoms with Crippen molar-refractivity contribution in [2.24, 2.45) is 7.05 Å². The summed E-state index contributed by atoms with van der Waals surface area (Å²) in [5.74, 6) is 0.541. The molecule has 3 aliphatic heterocycles. The fraction of sp³-hybridized carbons (Fsp3) is 0.333. The van der Waals surface area contributed by atoms with Gasteiger partial charge in [0.05, 0.1) is 40.6 Å². The van der Waals surface area contributed by atoms with Crippen molar-refractivity contribution in [2.75, 3.05) is 30.4 Å². The lowest BCUT2D eigenvalue weighted by atomic mass is 10.0. The highest BCUT2D eigenvalue weighted by Crippen LogP contribution is 2.37. The Balaban J connectivity index is 1.27. The summed E-state index contributed by atoms with van der Waals surface area (Å²) in [6, 6.07) is 8.28. The van der Waals surface area contributed by atoms with Gasteiger partial charge in [-0.15, -0.1) is 0 Å². The van der Waals surface area contributed by atoms with E-state index in [1.54, 1.807) is 12.4 Å². The first-order valence-corrected chi connectivity index (χ1v) is 12.6. The maximum absolute atomic E-state index is 13.0. The fourth-order valence-corrected chi connectivity index (χ4v) is 6.06. The van der Waals surface area contributed by atoms with Crippen LogP contribution in [-0.4, -0.2) is 67.7 Å². The zero-order valence-electron chi connectivity index (χ0n) is 20.8. The Labute approximate surface area is 214 Å². The van der Waals surface area contributed by atoms with E-state index in [1.807, 2.05) is 36.0 Å². The molecule has 1 unspecified atom stereocenters. The van der Waals surface area contributed by atoms with Crippen LogP contribution >= 0.6 is 0 Å². The molecule has 3 N–H and O–H groups in total. The Hall–Kier alpha value is -4.02. The number of amides is 1. The van der Waals surface area contributed by atoms with Gasteiger partial charge in [-0.2, -0.15) is 0 Å². The van der Waals surface area contributed by atoms with Crippen LogP contribution in [0.1, 0.15) is 28.0 Å². The minimum absolute atomic E-state index is 0.122. The van der Waals surface area contributed by atoms with Gasteiger partial charge in [0, 0.05) is 68.2 Å². The first-order valence-electron chi connectivity index (χ1n) is 12.6. The Bertz CT molecular complexity index is 1560. The molecule has 7 rings (SSSR count). The van der Waals surface area contributed by atoms with Crippen molar-refractivity contribution in [2.45, 2.75) is 31.7 Å². The second kappa shape index (κ2) is 8.25. The van der Waals surface area contributed by atoms with Gasteiger partial charge in [-0.25, -0.2) is 9.97 Å². The summed E-state index contributed by atoms with van der Waals surface area (Å²) in [6.45, 7) is 2.66. The standard InChI is InChI=1S/C27H28N8O2/c1-33-12-15-9-16(36)13-35(15)22-3-4-23(32-21(22)14-33)31-20-11-29-25(19-10-30-27(37)24(19)20)17-5-7-28-26-18(17)6-8-34(26)2/h3-8,11,15-16,36H,9-10,12-14H2,1-2H3,(H,30,37)(H,31,32)/t15?,16-/m1/s1. The molecule has 10 nitrogen and oxygen atoms in total. The van der Waals surface area contributed by atoms with Gasteiger partial charge in [-0.3, -0.25) is 14.7 Å². The smallest absolute Gasteiger partial charge is 0.254 e. The van der Waals surface area contributed by atoms with Crippen molar-refractivity contribution < 1.29 is 9.90 Å². The zero-order valence-corrected chi connectivity index (χ0v) is 20.8. The Morgan fingerprint density at radius 2 is 2.03 bits per heavy atom. The van der Waals surface area contributed by atoms with Crippen LogP contribution < -0.4 is 15.5 Å². The van der Waals surface area contributed by atoms with Crippen molar-refractivity contribution in [3.05, 3.63) is 59.7 Å². The molecule has 1 fully saturated rings. The molecular weight excluding hydrogens is 468 g/mol. The third-order valence-corrected chi connectivity index (χ3v) is 7.71. The van der Waals surface area contributed by atoms with Crippen molar-refractivity contribution in [1.29, 1.82) is 0 Å². The predicted molar refractivity (Wildman–Crippen MR) is 141 cm³/mol. The number of fused-ring (bicyclic) bond motifs is 5. The number of aromatic nitrogens is 4. The summed E-state index contributed by atoms with van der Waals surface area (Å²) in [6.07, 6.45) is 5.94. The molecule has 4 aromatic rings. The van der Waals surface area contributed by atoms with Crippen LogP contribution in [0.4, 0.5) is 17.2 Å². The van der Waals surface area contributed by atoms with Crippen LogP contribution in [0.15, 0.2) is 42.9 Å². The fourth-order valence-electron chi connectivity index (χ4n) is 6.06. The Kier molecular flexibility index (Phi) is 4.95. The second-order valence-electron chi connectivity index (χ2n) is 10.3. The minimum atomic E-state index is -0.314. The summed E-state index contributed by atoms with van der Waals surface area (Å²) in [7, 11) is 4.05. The highest BCUT2D eigenvalue weighted by Gasteiger charge is 2.36. The maximum atomic E-state index is 13.0. The molecule has 0 bridgehead atoms. The number of aliphatic hydroxyl groups is 1. The Morgan fingerprint density at radius 3 is 2.92 bits per heavy atom. The van der Waals surface area contributed by atoms with Gasteiger partial charge in [0.1, 0.15) is 11.5 Å². The van der Waals surface area contributed by atoms with Crippen LogP contribution in [-0.2, 0) is 20.1 Å². The van der Waals surface area contributed by atoms with Crippen molar-refractivity contribution in [3.63, 3.8) is 0 Å². The molecule has 10 heteroatoms. The largest absolute Gasteiger partial charge is 0.391 e. The summed E-state index contributed by atoms with van der Waals surface area (Å²) < 4.78 is 1.98. The zero-order chi connectivity index (χ0) is 25.3. The van der Waals surface area contributed by atoms with Crippen LogP contribution in [0, 0.1) is 0 Å². The number of hydrogen-bond donors (Lipinski definition) is 3. The number of pyridine rings is 3. The van der Waals surface area contributed by atoms with Crippen molar-refractivity contribution in [1.82, 2.24) is 29.7 Å². The molecule has 0 spiro atoms. The highest BCUT2D eigenvalue weighted by atomic mass is 16.3. The van der Waals surface area contributed by atoms with E-state index in [9.17, 15) is 9.90 Å². The molecule has 37 heavy (non-hydrogen) atoms. The van der Waals surface area contributed by atoms with Gasteiger partial charge in [-0.05, 0) is 37.7 Å². The number of carbonyl (C=O) groups excluding carboxylic acids is 1. The van der Waals surface area contributed by atoms with Gasteiger partial charge in [-0.1, -0.05) is 0 Å². The van der Waals surface area contributed by atoms with Crippen LogP contribution in [0.3, 0.4) is 0 Å². The molecule has 188 valence electrons. The molecule has 1 saturated heterocycles. The highest BCUT2D eigenvalue weighted by molar-refractivity contribution is 6.06. The van der Waals surface area contributed by atoms with Crippen LogP contribution in [0.5, 0.6) is 0 Å². The van der Waals surface area contributed by atoms with Gasteiger partial charge >= 0.3 is 0 Å². The van der Waals surface area contributed by atoms with E-state index >= 15 is 0 Å². The topological polar surface area (TPSA) is 111 Å². The van der Waals surface area contributed by atoms with E-state index in [1.165, 1.54) is 0 Å². The molecule has 2 atom stereocenters. The van der Waals surface area contributed by atoms with Gasteiger partial charge in [0.2, 0.25) is 0 Å². The molecule has 0 aliphatic carbocycles. The first kappa shape index (κ1) is 22.2. The number of hydrogen-bond acceptors (Lipinski definition) is 8. The van der Waals surface area contributed by atoms with Crippen molar-refractivity contribution in [3.8, 4) is 11.3 Å². The lowest BCUT2D eigenvalue weighted by molar-refractivity contribution is 0.0966. The van der Waals surface area contributed by atoms with E-state index < -0.39 is 0 Å². The molecule has 0 saturated carbocycles. The summed E-state index contributed by atoms with van der Waals surface area (Å²) in [5, 5.41) is 17.6. The predicted octanol–water partition coefficient (Wildman–Crippen LogP) is 2.40. The van der Waals surface area contributed by atoms with Crippen LogP contribution in [0.25, 0.3) is 22.3 Å². The average Bonchev–Trinajstić information content (AvgIpc) is 3.54. The third-order valence-electron chi connectivity index (χ3n) is 7.71. The molecule has 0 radical (unpaired) electrons. The summed E-state index contributed by atoms with van der Waals surface area (Å²) >= 11 is 0. The van der Waals surface area contributed by atoms with Gasteiger partial charge in [0.15, 0.2) is 0 Å². The molecule has 1 amide bonds. The summed E-state index contributed by atoms with van der Waals surface area (Å²) in [5.41, 5.74) is 6.74. The van der Waals surface area contributed by atoms with E-state index in [0.29, 0.717) is 30.2 Å². The number of carbonyl (C=O) groups is 1. The second-order valence-corrected chi connectivity index (χ2v) is 10.3.